The van der Waals surface area contributed by atoms with E-state index in [0.717, 1.165) is 31.4 Å². The highest BCUT2D eigenvalue weighted by molar-refractivity contribution is 4.99. The van der Waals surface area contributed by atoms with Gasteiger partial charge in [-0.05, 0) is 12.8 Å². The molecule has 1 aromatic heterocycles. The molecule has 1 aromatic rings. The Morgan fingerprint density at radius 1 is 1.21 bits per heavy atom. The van der Waals surface area contributed by atoms with Crippen molar-refractivity contribution in [3.8, 4) is 0 Å². The van der Waals surface area contributed by atoms with Crippen molar-refractivity contribution in [2.24, 2.45) is 0 Å². The highest BCUT2D eigenvalue weighted by atomic mass is 16.3. The molecule has 0 fully saturated rings. The molecule has 14 heavy (non-hydrogen) atoms. The summed E-state index contributed by atoms with van der Waals surface area (Å²) in [5, 5.41) is 17.3. The molecule has 0 spiro atoms. The molecule has 4 nitrogen and oxygen atoms in total. The summed E-state index contributed by atoms with van der Waals surface area (Å²) >= 11 is 0. The molecule has 78 valence electrons. The fourth-order valence-corrected chi connectivity index (χ4v) is 1.28. The summed E-state index contributed by atoms with van der Waals surface area (Å²) in [4.78, 5) is 4.09. The lowest BCUT2D eigenvalue weighted by Gasteiger charge is -1.99. The van der Waals surface area contributed by atoms with Crippen molar-refractivity contribution in [1.82, 2.24) is 4.98 Å². The van der Waals surface area contributed by atoms with Gasteiger partial charge in [0, 0.05) is 25.2 Å². The van der Waals surface area contributed by atoms with Crippen molar-refractivity contribution in [3.63, 3.8) is 0 Å². The number of aromatic nitrogens is 2. The molecule has 1 heterocycles. The van der Waals surface area contributed by atoms with Crippen molar-refractivity contribution in [2.75, 3.05) is 13.2 Å². The van der Waals surface area contributed by atoms with Crippen molar-refractivity contribution < 1.29 is 14.8 Å². The third-order valence-corrected chi connectivity index (χ3v) is 1.98. The molecule has 0 aliphatic rings. The Morgan fingerprint density at radius 2 is 2.00 bits per heavy atom. The fraction of sp³-hybridized carbons (Fsp3) is 0.600. The van der Waals surface area contributed by atoms with Gasteiger partial charge in [0.25, 0.3) is 6.33 Å². The monoisotopic (exact) mass is 197 g/mol. The highest BCUT2D eigenvalue weighted by Gasteiger charge is 2.01. The number of hydrogen-bond donors (Lipinski definition) is 2. The van der Waals surface area contributed by atoms with E-state index in [0.29, 0.717) is 0 Å². The lowest BCUT2D eigenvalue weighted by atomic mass is 10.2. The van der Waals surface area contributed by atoms with Crippen LogP contribution in [-0.4, -0.2) is 28.4 Å². The van der Waals surface area contributed by atoms with Crippen molar-refractivity contribution in [1.29, 1.82) is 0 Å². The van der Waals surface area contributed by atoms with Crippen LogP contribution in [0.4, 0.5) is 0 Å². The zero-order valence-corrected chi connectivity index (χ0v) is 8.26. The third kappa shape index (κ3) is 3.81. The molecule has 1 rings (SSSR count). The van der Waals surface area contributed by atoms with Crippen molar-refractivity contribution in [2.45, 2.75) is 25.8 Å². The lowest BCUT2D eigenvalue weighted by Crippen LogP contribution is -2.34. The van der Waals surface area contributed by atoms with E-state index in [1.807, 2.05) is 17.0 Å². The summed E-state index contributed by atoms with van der Waals surface area (Å²) in [7, 11) is 0. The van der Waals surface area contributed by atoms with E-state index >= 15 is 0 Å². The Balaban J connectivity index is 2.50. The summed E-state index contributed by atoms with van der Waals surface area (Å²) in [6.45, 7) is 1.20. The Bertz CT molecular complexity index is 243. The van der Waals surface area contributed by atoms with E-state index in [1.54, 1.807) is 6.33 Å². The van der Waals surface area contributed by atoms with Crippen LogP contribution in [0.5, 0.6) is 0 Å². The highest BCUT2D eigenvalue weighted by Crippen LogP contribution is 1.96. The Labute approximate surface area is 83.9 Å². The number of aliphatic hydroxyl groups excluding tert-OH is 2. The number of aliphatic hydroxyl groups is 2. The van der Waals surface area contributed by atoms with Gasteiger partial charge in [-0.25, -0.2) is 4.57 Å². The smallest absolute Gasteiger partial charge is 0.286 e. The SMILES string of the molecule is OCCCc1cnc[n+](CCCO)c1. The predicted octanol–water partition coefficient (Wildman–Crippen LogP) is -0.324. The summed E-state index contributed by atoms with van der Waals surface area (Å²) in [6, 6.07) is 0. The van der Waals surface area contributed by atoms with Gasteiger partial charge in [0.2, 0.25) is 0 Å². The van der Waals surface area contributed by atoms with Crippen molar-refractivity contribution >= 4 is 0 Å². The molecular formula is C10H17N2O2+. The quantitative estimate of drug-likeness (QED) is 0.614. The Hall–Kier alpha value is -1.00. The second kappa shape index (κ2) is 6.45. The maximum atomic E-state index is 8.68. The van der Waals surface area contributed by atoms with Gasteiger partial charge in [-0.3, -0.25) is 0 Å². The number of hydrogen-bond acceptors (Lipinski definition) is 3. The Kier molecular flexibility index (Phi) is 5.11. The zero-order valence-electron chi connectivity index (χ0n) is 8.26. The minimum atomic E-state index is 0.202. The van der Waals surface area contributed by atoms with Crippen LogP contribution in [0.2, 0.25) is 0 Å². The van der Waals surface area contributed by atoms with Crippen LogP contribution in [0.15, 0.2) is 18.7 Å². The second-order valence-corrected chi connectivity index (χ2v) is 3.24. The molecule has 0 radical (unpaired) electrons. The molecule has 0 aliphatic carbocycles. The molecule has 0 bridgehead atoms. The van der Waals surface area contributed by atoms with E-state index in [4.69, 9.17) is 10.2 Å². The number of aryl methyl sites for hydroxylation is 2. The van der Waals surface area contributed by atoms with Gasteiger partial charge in [0.15, 0.2) is 0 Å². The van der Waals surface area contributed by atoms with Crippen LogP contribution in [0.3, 0.4) is 0 Å². The summed E-state index contributed by atoms with van der Waals surface area (Å²) in [5.41, 5.74) is 1.12. The van der Waals surface area contributed by atoms with Crippen LogP contribution in [0.25, 0.3) is 0 Å². The first-order valence-electron chi connectivity index (χ1n) is 4.91. The average Bonchev–Trinajstić information content (AvgIpc) is 2.24. The predicted molar refractivity (Wildman–Crippen MR) is 51.5 cm³/mol. The lowest BCUT2D eigenvalue weighted by molar-refractivity contribution is -0.700. The molecule has 2 N–H and O–H groups in total. The molecule has 0 saturated carbocycles. The molecular weight excluding hydrogens is 180 g/mol. The van der Waals surface area contributed by atoms with Gasteiger partial charge in [-0.15, -0.1) is 0 Å². The molecule has 0 aromatic carbocycles. The molecule has 4 heteroatoms. The number of nitrogens with zero attached hydrogens (tertiary/aromatic N) is 2. The normalized spacial score (nSPS) is 10.4. The maximum Gasteiger partial charge on any atom is 0.286 e. The standard InChI is InChI=1S/C10H17N2O2/c13-5-1-3-10-7-11-9-12(8-10)4-2-6-14/h7-9,13-14H,1-6H2/q+1. The van der Waals surface area contributed by atoms with Crippen LogP contribution in [0.1, 0.15) is 18.4 Å². The maximum absolute atomic E-state index is 8.68. The first kappa shape index (κ1) is 11.1. The summed E-state index contributed by atoms with van der Waals surface area (Å²) in [6.07, 6.45) is 7.94. The topological polar surface area (TPSA) is 57.2 Å². The minimum Gasteiger partial charge on any atom is -0.396 e. The number of rotatable bonds is 6. The second-order valence-electron chi connectivity index (χ2n) is 3.24. The van der Waals surface area contributed by atoms with Gasteiger partial charge in [-0.2, -0.15) is 0 Å². The molecule has 0 unspecified atom stereocenters. The summed E-state index contributed by atoms with van der Waals surface area (Å²) in [5.74, 6) is 0. The largest absolute Gasteiger partial charge is 0.396 e. The van der Waals surface area contributed by atoms with Gasteiger partial charge >= 0.3 is 0 Å². The van der Waals surface area contributed by atoms with Crippen LogP contribution >= 0.6 is 0 Å². The van der Waals surface area contributed by atoms with Gasteiger partial charge in [-0.1, -0.05) is 4.98 Å². The van der Waals surface area contributed by atoms with Crippen LogP contribution in [0, 0.1) is 0 Å². The molecule has 0 atom stereocenters. The first-order valence-corrected chi connectivity index (χ1v) is 4.91. The molecule has 0 aliphatic heterocycles. The summed E-state index contributed by atoms with van der Waals surface area (Å²) < 4.78 is 1.96. The average molecular weight is 197 g/mol. The van der Waals surface area contributed by atoms with Gasteiger partial charge in [0.05, 0.1) is 12.7 Å². The molecule has 0 saturated heterocycles. The van der Waals surface area contributed by atoms with Gasteiger partial charge in [0.1, 0.15) is 6.20 Å². The van der Waals surface area contributed by atoms with Crippen LogP contribution in [-0.2, 0) is 13.0 Å². The van der Waals surface area contributed by atoms with Gasteiger partial charge < -0.3 is 10.2 Å². The Morgan fingerprint density at radius 3 is 2.71 bits per heavy atom. The van der Waals surface area contributed by atoms with Crippen molar-refractivity contribution in [3.05, 3.63) is 24.3 Å². The van der Waals surface area contributed by atoms with E-state index in [-0.39, 0.29) is 13.2 Å². The van der Waals surface area contributed by atoms with Crippen LogP contribution < -0.4 is 4.57 Å². The zero-order chi connectivity index (χ0) is 10.2. The van der Waals surface area contributed by atoms with E-state index < -0.39 is 0 Å². The van der Waals surface area contributed by atoms with E-state index in [9.17, 15) is 0 Å². The first-order chi connectivity index (χ1) is 6.86. The minimum absolute atomic E-state index is 0.202. The van der Waals surface area contributed by atoms with E-state index in [1.165, 1.54) is 0 Å². The van der Waals surface area contributed by atoms with E-state index in [2.05, 4.69) is 4.98 Å². The molecule has 0 amide bonds. The third-order valence-electron chi connectivity index (χ3n) is 1.98. The fourth-order valence-electron chi connectivity index (χ4n) is 1.28.